The van der Waals surface area contributed by atoms with Gasteiger partial charge >= 0.3 is 11.3 Å². The van der Waals surface area contributed by atoms with Crippen LogP contribution in [0, 0.1) is 0 Å². The number of hydrogen-bond acceptors (Lipinski definition) is 4. The molecule has 0 unspecified atom stereocenters. The molecular formula is C34H18O4. The van der Waals surface area contributed by atoms with Gasteiger partial charge in [-0.3, -0.25) is 0 Å². The molecule has 0 spiro atoms. The largest absolute Gasteiger partial charge is 0.422 e. The van der Waals surface area contributed by atoms with E-state index in [1.54, 1.807) is 0 Å². The van der Waals surface area contributed by atoms with Gasteiger partial charge in [-0.1, -0.05) is 84.9 Å². The van der Waals surface area contributed by atoms with Gasteiger partial charge in [0.2, 0.25) is 0 Å². The predicted molar refractivity (Wildman–Crippen MR) is 154 cm³/mol. The van der Waals surface area contributed by atoms with Gasteiger partial charge in [-0.2, -0.15) is 0 Å². The minimum Gasteiger partial charge on any atom is -0.422 e. The molecule has 38 heavy (non-hydrogen) atoms. The maximum absolute atomic E-state index is 13.4. The van der Waals surface area contributed by atoms with Crippen LogP contribution in [-0.2, 0) is 0 Å². The van der Waals surface area contributed by atoms with Crippen molar-refractivity contribution in [3.63, 3.8) is 0 Å². The van der Waals surface area contributed by atoms with Gasteiger partial charge in [0.25, 0.3) is 0 Å². The Morgan fingerprint density at radius 3 is 1.21 bits per heavy atom. The summed E-state index contributed by atoms with van der Waals surface area (Å²) in [7, 11) is 0. The molecule has 0 radical (unpaired) electrons. The number of hydrogen-bond donors (Lipinski definition) is 0. The molecule has 0 aliphatic carbocycles. The molecule has 2 heterocycles. The van der Waals surface area contributed by atoms with Crippen LogP contribution in [0.25, 0.3) is 76.2 Å². The SMILES string of the molecule is O=c1oc2ccccc2c2c(-c3c4ccccc4cc4c(=O)oc5ccccc5c34)c3ccccc3cc12. The first-order chi connectivity index (χ1) is 18.7. The maximum atomic E-state index is 13.4. The Labute approximate surface area is 215 Å². The van der Waals surface area contributed by atoms with Crippen molar-refractivity contribution < 1.29 is 8.83 Å². The van der Waals surface area contributed by atoms with Crippen molar-refractivity contribution in [2.75, 3.05) is 0 Å². The lowest BCUT2D eigenvalue weighted by Crippen LogP contribution is -2.04. The second kappa shape index (κ2) is 7.64. The Balaban J connectivity index is 1.79. The molecule has 0 aliphatic rings. The molecule has 0 aliphatic heterocycles. The van der Waals surface area contributed by atoms with Gasteiger partial charge in [-0.05, 0) is 56.9 Å². The molecule has 8 rings (SSSR count). The average Bonchev–Trinajstić information content (AvgIpc) is 2.95. The molecule has 0 saturated carbocycles. The molecule has 0 atom stereocenters. The molecule has 4 nitrogen and oxygen atoms in total. The summed E-state index contributed by atoms with van der Waals surface area (Å²) in [5.41, 5.74) is 2.07. The van der Waals surface area contributed by atoms with E-state index < -0.39 is 0 Å². The summed E-state index contributed by atoms with van der Waals surface area (Å²) in [6, 6.07) is 35.2. The van der Waals surface area contributed by atoms with Crippen LogP contribution in [-0.4, -0.2) is 0 Å². The zero-order valence-corrected chi connectivity index (χ0v) is 20.0. The lowest BCUT2D eigenvalue weighted by molar-refractivity contribution is 0.569. The summed E-state index contributed by atoms with van der Waals surface area (Å²) < 4.78 is 11.5. The summed E-state index contributed by atoms with van der Waals surface area (Å²) in [6.45, 7) is 0. The van der Waals surface area contributed by atoms with Crippen molar-refractivity contribution in [1.29, 1.82) is 0 Å². The summed E-state index contributed by atoms with van der Waals surface area (Å²) in [5.74, 6) is 0. The van der Waals surface area contributed by atoms with Crippen molar-refractivity contribution in [2.24, 2.45) is 0 Å². The molecule has 0 N–H and O–H groups in total. The van der Waals surface area contributed by atoms with Gasteiger partial charge in [-0.15, -0.1) is 0 Å². The highest BCUT2D eigenvalue weighted by molar-refractivity contribution is 6.30. The third kappa shape index (κ3) is 2.80. The van der Waals surface area contributed by atoms with E-state index >= 15 is 0 Å². The lowest BCUT2D eigenvalue weighted by Gasteiger charge is -2.18. The Kier molecular flexibility index (Phi) is 4.21. The Bertz CT molecular complexity index is 2220. The van der Waals surface area contributed by atoms with Gasteiger partial charge < -0.3 is 8.83 Å². The highest BCUT2D eigenvalue weighted by Crippen LogP contribution is 2.46. The maximum Gasteiger partial charge on any atom is 0.344 e. The third-order valence-electron chi connectivity index (χ3n) is 7.51. The Hall–Kier alpha value is -5.22. The van der Waals surface area contributed by atoms with E-state index in [2.05, 4.69) is 12.1 Å². The molecule has 0 saturated heterocycles. The average molecular weight is 491 g/mol. The molecular weight excluding hydrogens is 472 g/mol. The Morgan fingerprint density at radius 2 is 0.763 bits per heavy atom. The summed E-state index contributed by atoms with van der Waals surface area (Å²) in [5, 5.41) is 8.15. The summed E-state index contributed by atoms with van der Waals surface area (Å²) in [4.78, 5) is 26.8. The standard InChI is InChI=1S/C34H18O4/c35-33-25-17-19-9-1-3-11-21(19)31(29(25)23-13-5-7-15-27(23)37-33)32-22-12-4-2-10-20(22)18-26-30(32)24-14-6-8-16-28(24)38-34(26)36/h1-18H. The molecule has 178 valence electrons. The van der Waals surface area contributed by atoms with Crippen LogP contribution in [0.1, 0.15) is 0 Å². The number of para-hydroxylation sites is 2. The number of rotatable bonds is 1. The van der Waals surface area contributed by atoms with Crippen molar-refractivity contribution in [2.45, 2.75) is 0 Å². The van der Waals surface area contributed by atoms with Crippen LogP contribution in [0.3, 0.4) is 0 Å². The van der Waals surface area contributed by atoms with Gasteiger partial charge in [0.1, 0.15) is 11.2 Å². The van der Waals surface area contributed by atoms with Crippen molar-refractivity contribution in [3.05, 3.63) is 130 Å². The molecule has 6 aromatic carbocycles. The van der Waals surface area contributed by atoms with Crippen LogP contribution >= 0.6 is 0 Å². The molecule has 8 aromatic rings. The smallest absolute Gasteiger partial charge is 0.344 e. The van der Waals surface area contributed by atoms with Gasteiger partial charge in [-0.25, -0.2) is 9.59 Å². The molecule has 2 aromatic heterocycles. The quantitative estimate of drug-likeness (QED) is 0.132. The minimum atomic E-state index is -0.389. The number of fused-ring (bicyclic) bond motifs is 8. The van der Waals surface area contributed by atoms with Crippen LogP contribution in [0.15, 0.2) is 128 Å². The molecule has 0 amide bonds. The van der Waals surface area contributed by atoms with E-state index in [-0.39, 0.29) is 11.3 Å². The molecule has 0 fully saturated rings. The fourth-order valence-electron chi connectivity index (χ4n) is 5.93. The Morgan fingerprint density at radius 1 is 0.395 bits per heavy atom. The fourth-order valence-corrected chi connectivity index (χ4v) is 5.93. The normalized spacial score (nSPS) is 11.9. The van der Waals surface area contributed by atoms with Crippen molar-refractivity contribution >= 4 is 65.0 Å². The van der Waals surface area contributed by atoms with E-state index in [0.717, 1.165) is 54.2 Å². The van der Waals surface area contributed by atoms with E-state index in [0.29, 0.717) is 21.9 Å². The van der Waals surface area contributed by atoms with E-state index in [4.69, 9.17) is 8.83 Å². The first-order valence-corrected chi connectivity index (χ1v) is 12.4. The molecule has 4 heteroatoms. The summed E-state index contributed by atoms with van der Waals surface area (Å²) >= 11 is 0. The first-order valence-electron chi connectivity index (χ1n) is 12.4. The second-order valence-corrected chi connectivity index (χ2v) is 9.56. The van der Waals surface area contributed by atoms with Crippen LogP contribution in [0.4, 0.5) is 0 Å². The van der Waals surface area contributed by atoms with Crippen LogP contribution in [0.2, 0.25) is 0 Å². The van der Waals surface area contributed by atoms with E-state index in [1.165, 1.54) is 0 Å². The van der Waals surface area contributed by atoms with E-state index in [1.807, 2.05) is 97.1 Å². The van der Waals surface area contributed by atoms with Crippen LogP contribution in [0.5, 0.6) is 0 Å². The fraction of sp³-hybridized carbons (Fsp3) is 0. The minimum absolute atomic E-state index is 0.389. The first kappa shape index (κ1) is 20.9. The van der Waals surface area contributed by atoms with Crippen LogP contribution < -0.4 is 11.3 Å². The van der Waals surface area contributed by atoms with E-state index in [9.17, 15) is 9.59 Å². The zero-order valence-electron chi connectivity index (χ0n) is 20.0. The zero-order chi connectivity index (χ0) is 25.4. The highest BCUT2D eigenvalue weighted by Gasteiger charge is 2.22. The predicted octanol–water partition coefficient (Wildman–Crippen LogP) is 8.18. The lowest BCUT2D eigenvalue weighted by atomic mass is 9.85. The topological polar surface area (TPSA) is 60.4 Å². The summed E-state index contributed by atoms with van der Waals surface area (Å²) in [6.07, 6.45) is 0. The highest BCUT2D eigenvalue weighted by atomic mass is 16.4. The monoisotopic (exact) mass is 490 g/mol. The second-order valence-electron chi connectivity index (χ2n) is 9.56. The van der Waals surface area contributed by atoms with Gasteiger partial charge in [0.15, 0.2) is 0 Å². The van der Waals surface area contributed by atoms with Crippen molar-refractivity contribution in [1.82, 2.24) is 0 Å². The third-order valence-corrected chi connectivity index (χ3v) is 7.51. The van der Waals surface area contributed by atoms with Gasteiger partial charge in [0.05, 0.1) is 10.8 Å². The van der Waals surface area contributed by atoms with Crippen molar-refractivity contribution in [3.8, 4) is 11.1 Å². The van der Waals surface area contributed by atoms with Gasteiger partial charge in [0, 0.05) is 21.5 Å². The molecule has 0 bridgehead atoms. The number of benzene rings is 6.